The maximum Gasteiger partial charge on any atom is 0.337 e. The minimum atomic E-state index is -0.762. The van der Waals surface area contributed by atoms with Crippen LogP contribution in [0.15, 0.2) is 77.9 Å². The molecule has 3 aromatic rings. The summed E-state index contributed by atoms with van der Waals surface area (Å²) in [5, 5.41) is 12.8. The molecule has 0 saturated carbocycles. The summed E-state index contributed by atoms with van der Waals surface area (Å²) >= 11 is 0. The van der Waals surface area contributed by atoms with E-state index in [2.05, 4.69) is 15.3 Å². The summed E-state index contributed by atoms with van der Waals surface area (Å²) in [5.41, 5.74) is 5.13. The van der Waals surface area contributed by atoms with E-state index in [9.17, 15) is 9.59 Å². The molecular formula is C26H23N3O5. The number of carbonyl (C=O) groups is 2. The van der Waals surface area contributed by atoms with Crippen LogP contribution in [-0.2, 0) is 16.1 Å². The lowest BCUT2D eigenvalue weighted by Crippen LogP contribution is -2.33. The van der Waals surface area contributed by atoms with Gasteiger partial charge in [0.2, 0.25) is 0 Å². The van der Waals surface area contributed by atoms with Crippen molar-refractivity contribution in [3.63, 3.8) is 0 Å². The lowest BCUT2D eigenvalue weighted by molar-refractivity contribution is -0.127. The third-order valence-corrected chi connectivity index (χ3v) is 4.71. The van der Waals surface area contributed by atoms with Gasteiger partial charge < -0.3 is 14.2 Å². The number of ether oxygens (including phenoxy) is 3. The van der Waals surface area contributed by atoms with Crippen molar-refractivity contribution < 1.29 is 23.8 Å². The average molecular weight is 457 g/mol. The standard InChI is InChI=1S/C26H23N3O5/c1-18(34-24-13-5-19(15-27)6-14-24)25(30)29-28-16-20-7-11-23(12-8-20)33-17-21-3-9-22(10-4-21)26(31)32-2/h3-14,16,18H,17H2,1-2H3,(H,29,30)/b28-16+. The number of hydrogen-bond donors (Lipinski definition) is 1. The Bertz CT molecular complexity index is 1180. The minimum absolute atomic E-state index is 0.349. The van der Waals surface area contributed by atoms with Crippen molar-refractivity contribution in [2.45, 2.75) is 19.6 Å². The van der Waals surface area contributed by atoms with Gasteiger partial charge in [-0.15, -0.1) is 0 Å². The summed E-state index contributed by atoms with van der Waals surface area (Å²) in [5.74, 6) is 0.372. The van der Waals surface area contributed by atoms with Gasteiger partial charge in [0.1, 0.15) is 18.1 Å². The molecule has 1 amide bonds. The SMILES string of the molecule is COC(=O)c1ccc(COc2ccc(/C=N/NC(=O)C(C)Oc3ccc(C#N)cc3)cc2)cc1. The third kappa shape index (κ3) is 6.93. The van der Waals surface area contributed by atoms with Crippen LogP contribution in [-0.4, -0.2) is 31.3 Å². The number of hydrazone groups is 1. The highest BCUT2D eigenvalue weighted by Gasteiger charge is 2.13. The van der Waals surface area contributed by atoms with Gasteiger partial charge in [0, 0.05) is 0 Å². The Balaban J connectivity index is 1.45. The smallest absolute Gasteiger partial charge is 0.337 e. The monoisotopic (exact) mass is 457 g/mol. The highest BCUT2D eigenvalue weighted by atomic mass is 16.5. The molecule has 3 aromatic carbocycles. The minimum Gasteiger partial charge on any atom is -0.489 e. The first-order valence-electron chi connectivity index (χ1n) is 10.4. The molecule has 34 heavy (non-hydrogen) atoms. The number of methoxy groups -OCH3 is 1. The van der Waals surface area contributed by atoms with Crippen molar-refractivity contribution in [1.29, 1.82) is 5.26 Å². The van der Waals surface area contributed by atoms with Crippen molar-refractivity contribution in [2.24, 2.45) is 5.10 Å². The van der Waals surface area contributed by atoms with E-state index in [1.165, 1.54) is 13.3 Å². The van der Waals surface area contributed by atoms with Gasteiger partial charge in [-0.3, -0.25) is 4.79 Å². The van der Waals surface area contributed by atoms with E-state index >= 15 is 0 Å². The molecular weight excluding hydrogens is 434 g/mol. The number of amides is 1. The molecule has 0 spiro atoms. The van der Waals surface area contributed by atoms with Crippen LogP contribution in [0.3, 0.4) is 0 Å². The zero-order chi connectivity index (χ0) is 24.3. The van der Waals surface area contributed by atoms with Gasteiger partial charge in [-0.25, -0.2) is 10.2 Å². The largest absolute Gasteiger partial charge is 0.489 e. The Hall–Kier alpha value is -4.64. The fourth-order valence-electron chi connectivity index (χ4n) is 2.80. The van der Waals surface area contributed by atoms with E-state index in [0.29, 0.717) is 29.2 Å². The molecule has 8 heteroatoms. The van der Waals surface area contributed by atoms with Crippen molar-refractivity contribution in [3.05, 3.63) is 95.1 Å². The Morgan fingerprint density at radius 2 is 1.65 bits per heavy atom. The van der Waals surface area contributed by atoms with Crippen LogP contribution in [0.1, 0.15) is 34.0 Å². The molecule has 0 saturated heterocycles. The van der Waals surface area contributed by atoms with E-state index < -0.39 is 12.0 Å². The van der Waals surface area contributed by atoms with Gasteiger partial charge in [-0.2, -0.15) is 10.4 Å². The number of nitrogens with one attached hydrogen (secondary N) is 1. The molecule has 0 radical (unpaired) electrons. The molecule has 0 fully saturated rings. The lowest BCUT2D eigenvalue weighted by Gasteiger charge is -2.12. The average Bonchev–Trinajstić information content (AvgIpc) is 2.88. The van der Waals surface area contributed by atoms with Gasteiger partial charge in [0.15, 0.2) is 6.10 Å². The Morgan fingerprint density at radius 1 is 1.00 bits per heavy atom. The van der Waals surface area contributed by atoms with E-state index in [1.807, 2.05) is 30.3 Å². The van der Waals surface area contributed by atoms with Crippen LogP contribution in [0.4, 0.5) is 0 Å². The zero-order valence-corrected chi connectivity index (χ0v) is 18.7. The molecule has 0 aliphatic heterocycles. The molecule has 8 nitrogen and oxygen atoms in total. The van der Waals surface area contributed by atoms with Crippen LogP contribution >= 0.6 is 0 Å². The summed E-state index contributed by atoms with van der Waals surface area (Å²) in [4.78, 5) is 23.6. The van der Waals surface area contributed by atoms with Gasteiger partial charge in [0.05, 0.1) is 30.5 Å². The van der Waals surface area contributed by atoms with Crippen LogP contribution in [0.25, 0.3) is 0 Å². The highest BCUT2D eigenvalue weighted by Crippen LogP contribution is 2.15. The van der Waals surface area contributed by atoms with Gasteiger partial charge in [-0.05, 0) is 78.7 Å². The fourth-order valence-corrected chi connectivity index (χ4v) is 2.80. The second kappa shape index (κ2) is 11.8. The van der Waals surface area contributed by atoms with E-state index in [0.717, 1.165) is 11.1 Å². The predicted molar refractivity (Wildman–Crippen MR) is 126 cm³/mol. The number of nitrogens with zero attached hydrogens (tertiary/aromatic N) is 2. The van der Waals surface area contributed by atoms with Crippen molar-refractivity contribution in [3.8, 4) is 17.6 Å². The Labute approximate surface area is 197 Å². The molecule has 0 aliphatic rings. The topological polar surface area (TPSA) is 110 Å². The van der Waals surface area contributed by atoms with E-state index in [4.69, 9.17) is 14.7 Å². The van der Waals surface area contributed by atoms with Crippen LogP contribution in [0, 0.1) is 11.3 Å². The quantitative estimate of drug-likeness (QED) is 0.297. The normalized spacial score (nSPS) is 11.3. The first kappa shape index (κ1) is 24.0. The first-order valence-corrected chi connectivity index (χ1v) is 10.4. The van der Waals surface area contributed by atoms with Crippen molar-refractivity contribution in [1.82, 2.24) is 5.43 Å². The van der Waals surface area contributed by atoms with E-state index in [1.54, 1.807) is 55.5 Å². The molecule has 3 rings (SSSR count). The molecule has 0 heterocycles. The number of hydrogen-bond acceptors (Lipinski definition) is 7. The summed E-state index contributed by atoms with van der Waals surface area (Å²) in [6.45, 7) is 1.96. The molecule has 1 unspecified atom stereocenters. The Morgan fingerprint density at radius 3 is 2.26 bits per heavy atom. The molecule has 1 N–H and O–H groups in total. The van der Waals surface area contributed by atoms with Crippen LogP contribution in [0.2, 0.25) is 0 Å². The molecule has 1 atom stereocenters. The number of esters is 1. The Kier molecular flexibility index (Phi) is 8.36. The first-order chi connectivity index (χ1) is 16.5. The maximum absolute atomic E-state index is 12.2. The van der Waals surface area contributed by atoms with Gasteiger partial charge >= 0.3 is 5.97 Å². The van der Waals surface area contributed by atoms with Crippen molar-refractivity contribution in [2.75, 3.05) is 7.11 Å². The van der Waals surface area contributed by atoms with E-state index in [-0.39, 0.29) is 5.97 Å². The molecule has 0 aliphatic carbocycles. The molecule has 0 aromatic heterocycles. The third-order valence-electron chi connectivity index (χ3n) is 4.71. The van der Waals surface area contributed by atoms with Gasteiger partial charge in [0.25, 0.3) is 5.91 Å². The predicted octanol–water partition coefficient (Wildman–Crippen LogP) is 3.84. The lowest BCUT2D eigenvalue weighted by atomic mass is 10.1. The number of carbonyl (C=O) groups excluding carboxylic acids is 2. The van der Waals surface area contributed by atoms with Crippen LogP contribution < -0.4 is 14.9 Å². The summed E-state index contributed by atoms with van der Waals surface area (Å²) < 4.78 is 16.0. The number of rotatable bonds is 9. The fraction of sp³-hybridized carbons (Fsp3) is 0.154. The highest BCUT2D eigenvalue weighted by molar-refractivity contribution is 5.89. The number of benzene rings is 3. The number of nitriles is 1. The zero-order valence-electron chi connectivity index (χ0n) is 18.7. The summed E-state index contributed by atoms with van der Waals surface area (Å²) in [6, 6.07) is 22.7. The van der Waals surface area contributed by atoms with Crippen LogP contribution in [0.5, 0.6) is 11.5 Å². The second-order valence-electron chi connectivity index (χ2n) is 7.18. The summed E-state index contributed by atoms with van der Waals surface area (Å²) in [7, 11) is 1.34. The maximum atomic E-state index is 12.2. The second-order valence-corrected chi connectivity index (χ2v) is 7.18. The van der Waals surface area contributed by atoms with Crippen molar-refractivity contribution >= 4 is 18.1 Å². The summed E-state index contributed by atoms with van der Waals surface area (Å²) in [6.07, 6.45) is 0.754. The van der Waals surface area contributed by atoms with Gasteiger partial charge in [-0.1, -0.05) is 12.1 Å². The molecule has 0 bridgehead atoms. The molecule has 172 valence electrons.